The van der Waals surface area contributed by atoms with Crippen LogP contribution >= 0.6 is 0 Å². The Labute approximate surface area is 310 Å². The normalized spacial score (nSPS) is 15.7. The molecule has 270 valence electrons. The van der Waals surface area contributed by atoms with Gasteiger partial charge in [-0.25, -0.2) is 4.39 Å². The number of rotatable bonds is 16. The SMILES string of the molecule is CCc1c(OCc2ccccc2)cc(OCc2ccccc2)c(-c2cccc(F)c2)c1CC1O[C@H](OCc2ccccc2)[C@@H](OCc2ccccc2)O1. The van der Waals surface area contributed by atoms with Crippen molar-refractivity contribution in [1.29, 1.82) is 0 Å². The Hall–Kier alpha value is -5.31. The summed E-state index contributed by atoms with van der Waals surface area (Å²) in [6.45, 7) is 3.41. The third-order valence-electron chi connectivity index (χ3n) is 9.09. The van der Waals surface area contributed by atoms with Crippen LogP contribution in [0.25, 0.3) is 11.1 Å². The molecule has 0 spiro atoms. The fourth-order valence-electron chi connectivity index (χ4n) is 6.48. The molecule has 1 fully saturated rings. The number of hydrogen-bond donors (Lipinski definition) is 0. The minimum atomic E-state index is -0.794. The molecule has 7 heteroatoms. The van der Waals surface area contributed by atoms with Crippen molar-refractivity contribution in [2.75, 3.05) is 0 Å². The highest BCUT2D eigenvalue weighted by atomic mass is 19.1. The van der Waals surface area contributed by atoms with Gasteiger partial charge in [0.15, 0.2) is 6.29 Å². The molecule has 1 aliphatic rings. The van der Waals surface area contributed by atoms with Crippen LogP contribution in [0, 0.1) is 5.82 Å². The molecule has 1 saturated heterocycles. The van der Waals surface area contributed by atoms with E-state index < -0.39 is 18.9 Å². The van der Waals surface area contributed by atoms with Gasteiger partial charge in [-0.05, 0) is 57.5 Å². The minimum Gasteiger partial charge on any atom is -0.488 e. The van der Waals surface area contributed by atoms with Gasteiger partial charge in [0.1, 0.15) is 30.5 Å². The lowest BCUT2D eigenvalue weighted by molar-refractivity contribution is -0.200. The molecule has 0 aliphatic carbocycles. The molecule has 7 rings (SSSR count). The molecule has 0 bridgehead atoms. The summed E-state index contributed by atoms with van der Waals surface area (Å²) in [5, 5.41) is 0. The van der Waals surface area contributed by atoms with Crippen molar-refractivity contribution in [1.82, 2.24) is 0 Å². The van der Waals surface area contributed by atoms with Gasteiger partial charge in [0.25, 0.3) is 0 Å². The third kappa shape index (κ3) is 9.57. The van der Waals surface area contributed by atoms with Gasteiger partial charge in [-0.3, -0.25) is 0 Å². The summed E-state index contributed by atoms with van der Waals surface area (Å²) in [4.78, 5) is 0. The van der Waals surface area contributed by atoms with E-state index in [4.69, 9.17) is 28.4 Å². The standard InChI is InChI=1S/C46H43FO6/c1-2-39-40(27-43-52-45(50-31-35-20-11-5-12-21-35)46(53-43)51-32-36-22-13-6-14-23-36)44(37-24-15-25-38(47)26-37)42(49-30-34-18-9-4-10-19-34)28-41(39)48-29-33-16-7-3-8-17-33/h3-26,28,43,45-46H,2,27,29-32H2,1H3/t45-,46-/m0/s1. The van der Waals surface area contributed by atoms with Crippen molar-refractivity contribution >= 4 is 0 Å². The fourth-order valence-corrected chi connectivity index (χ4v) is 6.48. The van der Waals surface area contributed by atoms with Crippen molar-refractivity contribution in [3.8, 4) is 22.6 Å². The van der Waals surface area contributed by atoms with Crippen LogP contribution in [0.1, 0.15) is 40.3 Å². The molecule has 6 aromatic carbocycles. The zero-order chi connectivity index (χ0) is 36.2. The number of ether oxygens (including phenoxy) is 6. The average Bonchev–Trinajstić information content (AvgIpc) is 3.60. The molecule has 0 radical (unpaired) electrons. The highest BCUT2D eigenvalue weighted by Gasteiger charge is 2.39. The van der Waals surface area contributed by atoms with Crippen LogP contribution in [0.2, 0.25) is 0 Å². The van der Waals surface area contributed by atoms with Gasteiger partial charge in [0, 0.05) is 18.1 Å². The molecule has 0 saturated carbocycles. The molecule has 0 unspecified atom stereocenters. The average molecular weight is 711 g/mol. The van der Waals surface area contributed by atoms with Gasteiger partial charge in [0.05, 0.1) is 13.2 Å². The summed E-state index contributed by atoms with van der Waals surface area (Å²) in [7, 11) is 0. The van der Waals surface area contributed by atoms with Gasteiger partial charge in [0.2, 0.25) is 12.6 Å². The van der Waals surface area contributed by atoms with Crippen molar-refractivity contribution in [3.63, 3.8) is 0 Å². The van der Waals surface area contributed by atoms with Crippen LogP contribution in [-0.4, -0.2) is 18.9 Å². The van der Waals surface area contributed by atoms with Gasteiger partial charge in [-0.15, -0.1) is 0 Å². The molecule has 1 heterocycles. The maximum Gasteiger partial charge on any atom is 0.212 e. The molecule has 0 amide bonds. The lowest BCUT2D eigenvalue weighted by atomic mass is 9.90. The highest BCUT2D eigenvalue weighted by molar-refractivity contribution is 5.77. The number of halogens is 1. The zero-order valence-corrected chi connectivity index (χ0v) is 29.7. The van der Waals surface area contributed by atoms with Crippen molar-refractivity contribution in [2.24, 2.45) is 0 Å². The predicted molar refractivity (Wildman–Crippen MR) is 202 cm³/mol. The second-order valence-corrected chi connectivity index (χ2v) is 12.9. The van der Waals surface area contributed by atoms with Crippen molar-refractivity contribution in [2.45, 2.75) is 65.1 Å². The molecule has 53 heavy (non-hydrogen) atoms. The summed E-state index contributed by atoms with van der Waals surface area (Å²) < 4.78 is 53.7. The van der Waals surface area contributed by atoms with E-state index in [1.54, 1.807) is 6.07 Å². The Bertz CT molecular complexity index is 1970. The molecule has 1 aliphatic heterocycles. The maximum absolute atomic E-state index is 14.9. The molecule has 6 aromatic rings. The van der Waals surface area contributed by atoms with E-state index in [0.29, 0.717) is 56.3 Å². The van der Waals surface area contributed by atoms with Gasteiger partial charge in [-0.2, -0.15) is 0 Å². The Balaban J connectivity index is 1.25. The third-order valence-corrected chi connectivity index (χ3v) is 9.09. The molecule has 6 nitrogen and oxygen atoms in total. The zero-order valence-electron chi connectivity index (χ0n) is 29.7. The quantitative estimate of drug-likeness (QED) is 0.0997. The van der Waals surface area contributed by atoms with Gasteiger partial charge >= 0.3 is 0 Å². The van der Waals surface area contributed by atoms with Gasteiger partial charge in [-0.1, -0.05) is 140 Å². The topological polar surface area (TPSA) is 55.4 Å². The van der Waals surface area contributed by atoms with Crippen LogP contribution in [0.3, 0.4) is 0 Å². The predicted octanol–water partition coefficient (Wildman–Crippen LogP) is 10.2. The molecule has 0 N–H and O–H groups in total. The largest absolute Gasteiger partial charge is 0.488 e. The molecule has 0 aromatic heterocycles. The van der Waals surface area contributed by atoms with Crippen molar-refractivity contribution in [3.05, 3.63) is 191 Å². The van der Waals surface area contributed by atoms with Crippen LogP contribution in [0.4, 0.5) is 4.39 Å². The van der Waals surface area contributed by atoms with E-state index >= 15 is 0 Å². The first-order chi connectivity index (χ1) is 26.1. The monoisotopic (exact) mass is 710 g/mol. The van der Waals surface area contributed by atoms with E-state index in [0.717, 1.165) is 38.9 Å². The van der Waals surface area contributed by atoms with E-state index in [1.165, 1.54) is 12.1 Å². The van der Waals surface area contributed by atoms with Crippen LogP contribution < -0.4 is 9.47 Å². The minimum absolute atomic E-state index is 0.301. The molecular weight excluding hydrogens is 667 g/mol. The summed E-state index contributed by atoms with van der Waals surface area (Å²) >= 11 is 0. The van der Waals surface area contributed by atoms with Crippen LogP contribution in [-0.2, 0) is 58.2 Å². The Kier molecular flexibility index (Phi) is 12.2. The number of hydrogen-bond acceptors (Lipinski definition) is 6. The number of benzene rings is 6. The lowest BCUT2D eigenvalue weighted by Crippen LogP contribution is -2.28. The molecular formula is C46H43FO6. The van der Waals surface area contributed by atoms with E-state index in [9.17, 15) is 4.39 Å². The van der Waals surface area contributed by atoms with Crippen LogP contribution in [0.5, 0.6) is 11.5 Å². The summed E-state index contributed by atoms with van der Waals surface area (Å²) in [5.41, 5.74) is 7.32. The smallest absolute Gasteiger partial charge is 0.212 e. The summed E-state index contributed by atoms with van der Waals surface area (Å²) in [5.74, 6) is 0.907. The lowest BCUT2D eigenvalue weighted by Gasteiger charge is -2.24. The first-order valence-electron chi connectivity index (χ1n) is 18.0. The van der Waals surface area contributed by atoms with E-state index in [1.807, 2.05) is 133 Å². The summed E-state index contributed by atoms with van der Waals surface area (Å²) in [6.07, 6.45) is -1.40. The van der Waals surface area contributed by atoms with Crippen LogP contribution in [0.15, 0.2) is 152 Å². The second kappa shape index (κ2) is 17.9. The Morgan fingerprint density at radius 3 is 1.45 bits per heavy atom. The first-order valence-corrected chi connectivity index (χ1v) is 18.0. The Morgan fingerprint density at radius 2 is 0.981 bits per heavy atom. The van der Waals surface area contributed by atoms with Gasteiger partial charge < -0.3 is 28.4 Å². The first kappa shape index (κ1) is 36.1. The van der Waals surface area contributed by atoms with Crippen molar-refractivity contribution < 1.29 is 32.8 Å². The van der Waals surface area contributed by atoms with E-state index in [2.05, 4.69) is 6.92 Å². The maximum atomic E-state index is 14.9. The van der Waals surface area contributed by atoms with E-state index in [-0.39, 0.29) is 5.82 Å². The highest BCUT2D eigenvalue weighted by Crippen LogP contribution is 2.43. The molecule has 2 atom stereocenters. The summed E-state index contributed by atoms with van der Waals surface area (Å²) in [6, 6.07) is 48.4. The second-order valence-electron chi connectivity index (χ2n) is 12.9. The fraction of sp³-hybridized carbons (Fsp3) is 0.217. The Morgan fingerprint density at radius 1 is 0.509 bits per heavy atom.